The molecule has 0 spiro atoms. The monoisotopic (exact) mass is 304 g/mol. The van der Waals surface area contributed by atoms with Crippen LogP contribution in [0.15, 0.2) is 24.5 Å². The number of aromatic nitrogens is 3. The average Bonchev–Trinajstić information content (AvgIpc) is 2.96. The summed E-state index contributed by atoms with van der Waals surface area (Å²) in [4.78, 5) is 15.8. The molecule has 0 atom stereocenters. The Morgan fingerprint density at radius 1 is 1.14 bits per heavy atom. The summed E-state index contributed by atoms with van der Waals surface area (Å²) < 4.78 is 0. The van der Waals surface area contributed by atoms with Gasteiger partial charge < -0.3 is 5.32 Å². The lowest BCUT2D eigenvalue weighted by Crippen LogP contribution is -2.10. The van der Waals surface area contributed by atoms with Gasteiger partial charge in [0.15, 0.2) is 0 Å². The quantitative estimate of drug-likeness (QED) is 0.751. The van der Waals surface area contributed by atoms with Gasteiger partial charge in [0.25, 0.3) is 0 Å². The van der Waals surface area contributed by atoms with Crippen molar-refractivity contribution in [2.45, 2.75) is 45.4 Å². The largest absolute Gasteiger partial charge is 0.301 e. The molecule has 0 fully saturated rings. The van der Waals surface area contributed by atoms with Gasteiger partial charge in [0.2, 0.25) is 11.0 Å². The van der Waals surface area contributed by atoms with E-state index in [-0.39, 0.29) is 5.91 Å². The average molecular weight is 304 g/mol. The third kappa shape index (κ3) is 5.23. The number of carbonyl (C=O) groups is 1. The van der Waals surface area contributed by atoms with Crippen molar-refractivity contribution in [1.82, 2.24) is 15.2 Å². The summed E-state index contributed by atoms with van der Waals surface area (Å²) in [5.41, 5.74) is 0.961. The number of unbranched alkanes of at least 4 members (excludes halogenated alkanes) is 4. The second-order valence-corrected chi connectivity index (χ2v) is 5.84. The number of anilines is 1. The van der Waals surface area contributed by atoms with E-state index in [9.17, 15) is 4.79 Å². The minimum atomic E-state index is 0.0175. The maximum absolute atomic E-state index is 11.8. The molecule has 0 saturated carbocycles. The highest BCUT2D eigenvalue weighted by molar-refractivity contribution is 7.18. The zero-order valence-corrected chi connectivity index (χ0v) is 13.0. The molecule has 0 aliphatic heterocycles. The van der Waals surface area contributed by atoms with Crippen LogP contribution in [0.1, 0.15) is 45.4 Å². The molecule has 0 bridgehead atoms. The zero-order chi connectivity index (χ0) is 14.9. The van der Waals surface area contributed by atoms with Gasteiger partial charge in [0.1, 0.15) is 5.01 Å². The van der Waals surface area contributed by atoms with Crippen molar-refractivity contribution in [3.8, 4) is 10.6 Å². The second-order valence-electron chi connectivity index (χ2n) is 4.86. The number of pyridine rings is 1. The fraction of sp³-hybridized carbons (Fsp3) is 0.467. The molecule has 2 aromatic rings. The van der Waals surface area contributed by atoms with Crippen molar-refractivity contribution in [2.75, 3.05) is 5.32 Å². The van der Waals surface area contributed by atoms with Gasteiger partial charge in [0, 0.05) is 24.4 Å². The fourth-order valence-corrected chi connectivity index (χ4v) is 2.72. The van der Waals surface area contributed by atoms with E-state index >= 15 is 0 Å². The molecule has 5 nitrogen and oxygen atoms in total. The van der Waals surface area contributed by atoms with Crippen molar-refractivity contribution >= 4 is 22.4 Å². The first-order valence-corrected chi connectivity index (χ1v) is 8.15. The number of carbonyl (C=O) groups excluding carboxylic acids is 1. The lowest BCUT2D eigenvalue weighted by molar-refractivity contribution is -0.116. The van der Waals surface area contributed by atoms with E-state index in [1.165, 1.54) is 30.6 Å². The third-order valence-corrected chi connectivity index (χ3v) is 3.99. The van der Waals surface area contributed by atoms with E-state index in [1.807, 2.05) is 12.1 Å². The van der Waals surface area contributed by atoms with Crippen molar-refractivity contribution in [3.63, 3.8) is 0 Å². The van der Waals surface area contributed by atoms with Crippen LogP contribution in [0.2, 0.25) is 0 Å². The maximum atomic E-state index is 11.8. The lowest BCUT2D eigenvalue weighted by atomic mass is 10.1. The van der Waals surface area contributed by atoms with E-state index in [1.54, 1.807) is 12.4 Å². The van der Waals surface area contributed by atoms with Crippen LogP contribution in [0.4, 0.5) is 5.13 Å². The van der Waals surface area contributed by atoms with E-state index in [0.29, 0.717) is 11.6 Å². The number of amides is 1. The molecule has 2 heterocycles. The predicted molar refractivity (Wildman–Crippen MR) is 85.1 cm³/mol. The molecule has 21 heavy (non-hydrogen) atoms. The van der Waals surface area contributed by atoms with Crippen LogP contribution in [0.5, 0.6) is 0 Å². The van der Waals surface area contributed by atoms with Gasteiger partial charge in [-0.05, 0) is 18.6 Å². The van der Waals surface area contributed by atoms with Gasteiger partial charge in [-0.3, -0.25) is 9.78 Å². The summed E-state index contributed by atoms with van der Waals surface area (Å²) in [6.07, 6.45) is 9.68. The first kappa shape index (κ1) is 15.6. The topological polar surface area (TPSA) is 67.8 Å². The third-order valence-electron chi connectivity index (χ3n) is 3.11. The van der Waals surface area contributed by atoms with Crippen molar-refractivity contribution in [3.05, 3.63) is 24.5 Å². The van der Waals surface area contributed by atoms with Gasteiger partial charge in [0.05, 0.1) is 0 Å². The smallest absolute Gasteiger partial charge is 0.226 e. The Hall–Kier alpha value is -1.82. The number of hydrogen-bond donors (Lipinski definition) is 1. The van der Waals surface area contributed by atoms with Crippen LogP contribution >= 0.6 is 11.3 Å². The van der Waals surface area contributed by atoms with Crippen molar-refractivity contribution in [2.24, 2.45) is 0 Å². The molecule has 0 aliphatic rings. The number of hydrogen-bond acceptors (Lipinski definition) is 5. The number of nitrogens with one attached hydrogen (secondary N) is 1. The minimum absolute atomic E-state index is 0.0175. The van der Waals surface area contributed by atoms with Crippen LogP contribution < -0.4 is 5.32 Å². The predicted octanol–water partition coefficient (Wildman–Crippen LogP) is 3.90. The van der Waals surface area contributed by atoms with E-state index in [2.05, 4.69) is 27.4 Å². The Morgan fingerprint density at radius 2 is 1.90 bits per heavy atom. The Morgan fingerprint density at radius 3 is 2.67 bits per heavy atom. The highest BCUT2D eigenvalue weighted by Crippen LogP contribution is 2.25. The molecule has 6 heteroatoms. The first-order chi connectivity index (χ1) is 10.3. The van der Waals surface area contributed by atoms with Crippen LogP contribution in [-0.4, -0.2) is 21.1 Å². The van der Waals surface area contributed by atoms with Gasteiger partial charge in [-0.2, -0.15) is 0 Å². The normalized spacial score (nSPS) is 10.5. The molecule has 1 amide bonds. The molecule has 2 aromatic heterocycles. The van der Waals surface area contributed by atoms with E-state index < -0.39 is 0 Å². The van der Waals surface area contributed by atoms with Crippen LogP contribution in [0.3, 0.4) is 0 Å². The van der Waals surface area contributed by atoms with Crippen LogP contribution in [-0.2, 0) is 4.79 Å². The van der Waals surface area contributed by atoms with E-state index in [4.69, 9.17) is 0 Å². The highest BCUT2D eigenvalue weighted by atomic mass is 32.1. The summed E-state index contributed by atoms with van der Waals surface area (Å²) in [6.45, 7) is 2.18. The number of nitrogens with zero attached hydrogens (tertiary/aromatic N) is 3. The van der Waals surface area contributed by atoms with Gasteiger partial charge >= 0.3 is 0 Å². The van der Waals surface area contributed by atoms with Gasteiger partial charge in [-0.25, -0.2) is 0 Å². The van der Waals surface area contributed by atoms with Crippen molar-refractivity contribution in [1.29, 1.82) is 0 Å². The number of rotatable bonds is 8. The standard InChI is InChI=1S/C15H20N4OS/c1-2-3-4-5-6-7-13(20)17-15-19-18-14(21-15)12-8-10-16-11-9-12/h8-11H,2-7H2,1H3,(H,17,19,20). The van der Waals surface area contributed by atoms with Crippen LogP contribution in [0.25, 0.3) is 10.6 Å². The second kappa shape index (κ2) is 8.46. The fourth-order valence-electron chi connectivity index (χ4n) is 1.96. The Kier molecular flexibility index (Phi) is 6.27. The SMILES string of the molecule is CCCCCCCC(=O)Nc1nnc(-c2ccncc2)s1. The Labute approximate surface area is 128 Å². The minimum Gasteiger partial charge on any atom is -0.301 e. The highest BCUT2D eigenvalue weighted by Gasteiger charge is 2.09. The molecule has 0 aliphatic carbocycles. The molecule has 112 valence electrons. The summed E-state index contributed by atoms with van der Waals surface area (Å²) in [5.74, 6) is 0.0175. The maximum Gasteiger partial charge on any atom is 0.226 e. The summed E-state index contributed by atoms with van der Waals surface area (Å²) in [7, 11) is 0. The van der Waals surface area contributed by atoms with Gasteiger partial charge in [-0.1, -0.05) is 43.9 Å². The lowest BCUT2D eigenvalue weighted by Gasteiger charge is -2.01. The molecular weight excluding hydrogens is 284 g/mol. The Bertz CT molecular complexity index is 556. The first-order valence-electron chi connectivity index (χ1n) is 7.33. The zero-order valence-electron chi connectivity index (χ0n) is 12.2. The Balaban J connectivity index is 1.78. The van der Waals surface area contributed by atoms with Gasteiger partial charge in [-0.15, -0.1) is 10.2 Å². The molecule has 0 aromatic carbocycles. The summed E-state index contributed by atoms with van der Waals surface area (Å²) >= 11 is 1.38. The summed E-state index contributed by atoms with van der Waals surface area (Å²) in [6, 6.07) is 3.75. The molecule has 0 unspecified atom stereocenters. The van der Waals surface area contributed by atoms with Crippen LogP contribution in [0, 0.1) is 0 Å². The molecule has 1 N–H and O–H groups in total. The molecule has 0 saturated heterocycles. The molecule has 0 radical (unpaired) electrons. The summed E-state index contributed by atoms with van der Waals surface area (Å²) in [5, 5.41) is 12.2. The molecular formula is C15H20N4OS. The van der Waals surface area contributed by atoms with E-state index in [0.717, 1.165) is 23.4 Å². The molecule has 2 rings (SSSR count). The van der Waals surface area contributed by atoms with Crippen molar-refractivity contribution < 1.29 is 4.79 Å².